The number of nitrogens with one attached hydrogen (secondary N) is 1. The summed E-state index contributed by atoms with van der Waals surface area (Å²) in [6, 6.07) is 0. The number of hydrogen-bond acceptors (Lipinski definition) is 1. The van der Waals surface area contributed by atoms with Crippen molar-refractivity contribution in [2.45, 2.75) is 90.4 Å². The van der Waals surface area contributed by atoms with Gasteiger partial charge >= 0.3 is 7.67 Å². The molecule has 0 heterocycles. The minimum absolute atomic E-state index is 0.935. The van der Waals surface area contributed by atoms with Crippen molar-refractivity contribution < 1.29 is 9.46 Å². The molecule has 1 unspecified atom stereocenters. The normalized spacial score (nSPS) is 14.4. The highest BCUT2D eigenvalue weighted by atomic mass is 31.2. The van der Waals surface area contributed by atoms with Crippen LogP contribution in [0.15, 0.2) is 12.3 Å². The van der Waals surface area contributed by atoms with Gasteiger partial charge in [0, 0.05) is 6.20 Å². The van der Waals surface area contributed by atoms with E-state index in [0.29, 0.717) is 0 Å². The van der Waals surface area contributed by atoms with Crippen LogP contribution in [0.4, 0.5) is 0 Å². The van der Waals surface area contributed by atoms with Crippen LogP contribution in [0.2, 0.25) is 0 Å². The lowest BCUT2D eigenvalue weighted by atomic mass is 10.0. The van der Waals surface area contributed by atoms with Crippen LogP contribution in [0.3, 0.4) is 0 Å². The zero-order valence-corrected chi connectivity index (χ0v) is 14.6. The molecule has 4 nitrogen and oxygen atoms in total. The molecule has 0 spiro atoms. The van der Waals surface area contributed by atoms with E-state index in [-0.39, 0.29) is 0 Å². The fourth-order valence-electron chi connectivity index (χ4n) is 2.35. The summed E-state index contributed by atoms with van der Waals surface area (Å²) >= 11 is 0. The molecule has 0 fully saturated rings. The summed E-state index contributed by atoms with van der Waals surface area (Å²) in [6.45, 7) is 2.26. The number of allylic oxidation sites excluding steroid dienone is 1. The summed E-state index contributed by atoms with van der Waals surface area (Å²) in [5.41, 5.74) is 4.94. The van der Waals surface area contributed by atoms with Crippen LogP contribution in [-0.4, -0.2) is 4.89 Å². The first-order valence-electron chi connectivity index (χ1n) is 8.60. The first-order valence-corrected chi connectivity index (χ1v) is 10.3. The third-order valence-corrected chi connectivity index (χ3v) is 4.12. The van der Waals surface area contributed by atoms with Crippen molar-refractivity contribution in [1.29, 1.82) is 0 Å². The van der Waals surface area contributed by atoms with Crippen LogP contribution >= 0.6 is 7.67 Å². The molecule has 0 amide bonds. The molecular formula is C16H35N2O2P. The molecule has 0 aliphatic heterocycles. The van der Waals surface area contributed by atoms with E-state index < -0.39 is 7.67 Å². The van der Waals surface area contributed by atoms with Crippen LogP contribution < -0.4 is 10.6 Å². The van der Waals surface area contributed by atoms with Gasteiger partial charge in [-0.25, -0.2) is 10.1 Å². The minimum atomic E-state index is -3.59. The summed E-state index contributed by atoms with van der Waals surface area (Å²) in [4.78, 5) is 8.79. The lowest BCUT2D eigenvalue weighted by Crippen LogP contribution is -2.08. The van der Waals surface area contributed by atoms with E-state index in [2.05, 4.69) is 12.0 Å². The van der Waals surface area contributed by atoms with Crippen molar-refractivity contribution in [2.24, 2.45) is 5.50 Å². The highest BCUT2D eigenvalue weighted by Gasteiger charge is 2.03. The van der Waals surface area contributed by atoms with Crippen molar-refractivity contribution in [2.75, 3.05) is 0 Å². The van der Waals surface area contributed by atoms with Crippen LogP contribution in [-0.2, 0) is 4.57 Å². The fourth-order valence-corrected chi connectivity index (χ4v) is 2.67. The van der Waals surface area contributed by atoms with E-state index >= 15 is 0 Å². The highest BCUT2D eigenvalue weighted by Crippen LogP contribution is 2.22. The number of nitrogens with two attached hydrogens (primary N) is 1. The monoisotopic (exact) mass is 318 g/mol. The maximum Gasteiger partial charge on any atom is 0.360 e. The van der Waals surface area contributed by atoms with Crippen molar-refractivity contribution in [3.63, 3.8) is 0 Å². The van der Waals surface area contributed by atoms with Crippen molar-refractivity contribution in [1.82, 2.24) is 5.09 Å². The predicted octanol–water partition coefficient (Wildman–Crippen LogP) is 5.24. The summed E-state index contributed by atoms with van der Waals surface area (Å²) in [7, 11) is -3.59. The van der Waals surface area contributed by atoms with E-state index in [0.717, 1.165) is 12.8 Å². The Hall–Kier alpha value is -0.310. The zero-order chi connectivity index (χ0) is 15.8. The Morgan fingerprint density at radius 1 is 0.905 bits per heavy atom. The molecule has 21 heavy (non-hydrogen) atoms. The molecule has 5 heteroatoms. The Balaban J connectivity index is 3.11. The average Bonchev–Trinajstić information content (AvgIpc) is 2.42. The lowest BCUT2D eigenvalue weighted by molar-refractivity contribution is 0.472. The third kappa shape index (κ3) is 19.7. The van der Waals surface area contributed by atoms with Gasteiger partial charge in [0.2, 0.25) is 0 Å². The van der Waals surface area contributed by atoms with E-state index in [1.165, 1.54) is 76.8 Å². The molecule has 0 aromatic carbocycles. The van der Waals surface area contributed by atoms with Crippen LogP contribution in [0.25, 0.3) is 0 Å². The Morgan fingerprint density at radius 3 is 1.76 bits per heavy atom. The smallest absolute Gasteiger partial charge is 0.318 e. The van der Waals surface area contributed by atoms with Gasteiger partial charge in [0.1, 0.15) is 0 Å². The van der Waals surface area contributed by atoms with E-state index in [4.69, 9.17) is 10.4 Å². The van der Waals surface area contributed by atoms with E-state index in [1.807, 2.05) is 6.08 Å². The molecule has 0 radical (unpaired) electrons. The topological polar surface area (TPSA) is 75.3 Å². The summed E-state index contributed by atoms with van der Waals surface area (Å²) in [5, 5.41) is 2.27. The quantitative estimate of drug-likeness (QED) is 0.285. The van der Waals surface area contributed by atoms with Gasteiger partial charge in [-0.1, -0.05) is 83.6 Å². The molecule has 0 aliphatic carbocycles. The zero-order valence-electron chi connectivity index (χ0n) is 13.7. The van der Waals surface area contributed by atoms with E-state index in [1.54, 1.807) is 0 Å². The van der Waals surface area contributed by atoms with Crippen molar-refractivity contribution in [3.05, 3.63) is 12.3 Å². The van der Waals surface area contributed by atoms with Crippen molar-refractivity contribution >= 4 is 7.67 Å². The number of unbranched alkanes of at least 4 members (excludes halogenated alkanes) is 12. The van der Waals surface area contributed by atoms with Gasteiger partial charge in [-0.3, -0.25) is 0 Å². The molecule has 1 atom stereocenters. The Labute approximate surface area is 131 Å². The van der Waals surface area contributed by atoms with Gasteiger partial charge in [0.15, 0.2) is 0 Å². The summed E-state index contributed by atoms with van der Waals surface area (Å²) in [5.74, 6) is 0. The van der Waals surface area contributed by atoms with Crippen molar-refractivity contribution in [3.8, 4) is 0 Å². The Kier molecular flexibility index (Phi) is 14.4. The first-order chi connectivity index (χ1) is 10.1. The largest absolute Gasteiger partial charge is 0.360 e. The molecule has 0 aliphatic rings. The lowest BCUT2D eigenvalue weighted by Gasteiger charge is -2.03. The van der Waals surface area contributed by atoms with Gasteiger partial charge in [-0.05, 0) is 12.8 Å². The highest BCUT2D eigenvalue weighted by molar-refractivity contribution is 7.53. The fraction of sp³-hybridized carbons (Fsp3) is 0.875. The SMILES string of the molecule is CCCCCCCCCCCCCCC=CNP(N)(=O)O. The van der Waals surface area contributed by atoms with Gasteiger partial charge in [-0.2, -0.15) is 0 Å². The average molecular weight is 318 g/mol. The molecule has 0 saturated heterocycles. The maximum absolute atomic E-state index is 10.7. The second kappa shape index (κ2) is 14.6. The van der Waals surface area contributed by atoms with Crippen LogP contribution in [0.1, 0.15) is 90.4 Å². The molecule has 4 N–H and O–H groups in total. The van der Waals surface area contributed by atoms with Gasteiger partial charge in [0.25, 0.3) is 0 Å². The molecular weight excluding hydrogens is 283 g/mol. The Bertz CT molecular complexity index is 290. The number of hydrogen-bond donors (Lipinski definition) is 3. The van der Waals surface area contributed by atoms with Crippen LogP contribution in [0, 0.1) is 0 Å². The summed E-state index contributed by atoms with van der Waals surface area (Å²) < 4.78 is 10.7. The molecule has 126 valence electrons. The number of rotatable bonds is 15. The molecule has 0 aromatic rings. The standard InChI is InChI=1S/C16H35N2O2P/c1-2-3-4-5-6-7-8-9-10-11-12-13-14-15-16-18-21(17,19)20/h15-16H,2-14H2,1H3,(H4,17,18,19,20). The maximum atomic E-state index is 10.7. The Morgan fingerprint density at radius 2 is 1.33 bits per heavy atom. The van der Waals surface area contributed by atoms with Gasteiger partial charge in [0.05, 0.1) is 0 Å². The first kappa shape index (κ1) is 20.7. The second-order valence-corrected chi connectivity index (χ2v) is 7.34. The summed E-state index contributed by atoms with van der Waals surface area (Å²) in [6.07, 6.45) is 20.4. The predicted molar refractivity (Wildman–Crippen MR) is 92.0 cm³/mol. The molecule has 0 bridgehead atoms. The second-order valence-electron chi connectivity index (χ2n) is 5.83. The molecule has 0 rings (SSSR count). The van der Waals surface area contributed by atoms with Crippen LogP contribution in [0.5, 0.6) is 0 Å². The van der Waals surface area contributed by atoms with Gasteiger partial charge < -0.3 is 9.98 Å². The molecule has 0 saturated carbocycles. The van der Waals surface area contributed by atoms with E-state index in [9.17, 15) is 4.57 Å². The third-order valence-electron chi connectivity index (χ3n) is 3.60. The molecule has 0 aromatic heterocycles. The minimum Gasteiger partial charge on any atom is -0.318 e. The van der Waals surface area contributed by atoms with Gasteiger partial charge in [-0.15, -0.1) is 0 Å².